The lowest BCUT2D eigenvalue weighted by atomic mass is 9.96. The summed E-state index contributed by atoms with van der Waals surface area (Å²) in [5, 5.41) is 3.42. The van der Waals surface area contributed by atoms with Crippen molar-refractivity contribution in [3.8, 4) is 0 Å². The first kappa shape index (κ1) is 14.6. The van der Waals surface area contributed by atoms with E-state index in [1.165, 1.54) is 51.4 Å². The van der Waals surface area contributed by atoms with Crippen molar-refractivity contribution in [2.75, 3.05) is 13.2 Å². The predicted molar refractivity (Wildman–Crippen MR) is 77.8 cm³/mol. The van der Waals surface area contributed by atoms with E-state index in [2.05, 4.69) is 15.7 Å². The Hall–Kier alpha value is -0.810. The molecule has 1 atom stereocenters. The fraction of sp³-hybridized carbons (Fsp3) is 0.929. The second-order valence-electron chi connectivity index (χ2n) is 5.63. The zero-order valence-corrected chi connectivity index (χ0v) is 11.9. The highest BCUT2D eigenvalue weighted by atomic mass is 16.5. The van der Waals surface area contributed by atoms with Gasteiger partial charge in [-0.25, -0.2) is 5.84 Å². The normalized spacial score (nSPS) is 26.2. The Labute approximate surface area is 116 Å². The van der Waals surface area contributed by atoms with Crippen molar-refractivity contribution in [2.24, 2.45) is 10.8 Å². The van der Waals surface area contributed by atoms with Gasteiger partial charge in [0.15, 0.2) is 0 Å². The van der Waals surface area contributed by atoms with Gasteiger partial charge in [-0.1, -0.05) is 19.3 Å². The van der Waals surface area contributed by atoms with Crippen molar-refractivity contribution in [1.82, 2.24) is 10.7 Å². The molecule has 5 heteroatoms. The fourth-order valence-corrected chi connectivity index (χ4v) is 2.93. The average Bonchev–Trinajstić information content (AvgIpc) is 2.48. The third-order valence-corrected chi connectivity index (χ3v) is 4.08. The van der Waals surface area contributed by atoms with E-state index in [1.807, 2.05) is 0 Å². The van der Waals surface area contributed by atoms with Crippen molar-refractivity contribution in [1.29, 1.82) is 0 Å². The number of hydrogen-bond acceptors (Lipinski definition) is 3. The molecule has 0 amide bonds. The molecule has 5 nitrogen and oxygen atoms in total. The van der Waals surface area contributed by atoms with Crippen LogP contribution in [0.4, 0.5) is 0 Å². The SMILES string of the molecule is NNC(=NCCC1CCCCO1)NC1CCCCC1. The summed E-state index contributed by atoms with van der Waals surface area (Å²) in [5.41, 5.74) is 2.69. The Balaban J connectivity index is 1.68. The highest BCUT2D eigenvalue weighted by Gasteiger charge is 2.15. The maximum Gasteiger partial charge on any atom is 0.205 e. The Kier molecular flexibility index (Phi) is 6.44. The van der Waals surface area contributed by atoms with Gasteiger partial charge in [0, 0.05) is 19.2 Å². The molecule has 1 saturated heterocycles. The second-order valence-corrected chi connectivity index (χ2v) is 5.63. The van der Waals surface area contributed by atoms with Gasteiger partial charge in [0.1, 0.15) is 0 Å². The maximum absolute atomic E-state index is 5.70. The molecule has 2 aliphatic rings. The number of rotatable bonds is 4. The van der Waals surface area contributed by atoms with Gasteiger partial charge in [0.05, 0.1) is 6.10 Å². The Morgan fingerprint density at radius 1 is 1.11 bits per heavy atom. The largest absolute Gasteiger partial charge is 0.378 e. The first-order chi connectivity index (χ1) is 9.38. The van der Waals surface area contributed by atoms with Gasteiger partial charge in [0.2, 0.25) is 5.96 Å². The van der Waals surface area contributed by atoms with E-state index >= 15 is 0 Å². The Morgan fingerprint density at radius 2 is 1.89 bits per heavy atom. The monoisotopic (exact) mass is 268 g/mol. The molecule has 1 aliphatic heterocycles. The minimum Gasteiger partial charge on any atom is -0.378 e. The molecule has 19 heavy (non-hydrogen) atoms. The summed E-state index contributed by atoms with van der Waals surface area (Å²) in [6.45, 7) is 1.70. The topological polar surface area (TPSA) is 71.7 Å². The van der Waals surface area contributed by atoms with E-state index in [0.717, 1.165) is 25.5 Å². The molecule has 1 unspecified atom stereocenters. The lowest BCUT2D eigenvalue weighted by molar-refractivity contribution is 0.0129. The van der Waals surface area contributed by atoms with E-state index < -0.39 is 0 Å². The quantitative estimate of drug-likeness (QED) is 0.314. The average molecular weight is 268 g/mol. The number of hydrogen-bond donors (Lipinski definition) is 3. The molecule has 0 radical (unpaired) electrons. The second kappa shape index (κ2) is 8.38. The van der Waals surface area contributed by atoms with Crippen molar-refractivity contribution >= 4 is 5.96 Å². The van der Waals surface area contributed by atoms with E-state index in [-0.39, 0.29) is 0 Å². The van der Waals surface area contributed by atoms with Gasteiger partial charge in [-0.2, -0.15) is 0 Å². The van der Waals surface area contributed by atoms with E-state index in [4.69, 9.17) is 10.6 Å². The molecule has 1 aliphatic carbocycles. The summed E-state index contributed by atoms with van der Waals surface area (Å²) < 4.78 is 5.70. The van der Waals surface area contributed by atoms with Crippen LogP contribution in [0.2, 0.25) is 0 Å². The zero-order chi connectivity index (χ0) is 13.3. The molecule has 1 saturated carbocycles. The molecule has 0 spiro atoms. The molecular formula is C14H28N4O. The predicted octanol–water partition coefficient (Wildman–Crippen LogP) is 1.69. The van der Waals surface area contributed by atoms with Gasteiger partial charge in [-0.05, 0) is 38.5 Å². The molecule has 0 aromatic carbocycles. The maximum atomic E-state index is 5.70. The number of hydrazine groups is 1. The third kappa shape index (κ3) is 5.37. The van der Waals surface area contributed by atoms with Crippen molar-refractivity contribution < 1.29 is 4.74 Å². The Morgan fingerprint density at radius 3 is 2.58 bits per heavy atom. The smallest absolute Gasteiger partial charge is 0.205 e. The summed E-state index contributed by atoms with van der Waals surface area (Å²) in [4.78, 5) is 4.52. The molecule has 1 heterocycles. The number of nitrogens with two attached hydrogens (primary N) is 1. The van der Waals surface area contributed by atoms with Crippen LogP contribution in [0, 0.1) is 0 Å². The number of nitrogens with zero attached hydrogens (tertiary/aromatic N) is 1. The molecule has 110 valence electrons. The lowest BCUT2D eigenvalue weighted by Crippen LogP contribution is -2.47. The van der Waals surface area contributed by atoms with E-state index in [1.54, 1.807) is 0 Å². The van der Waals surface area contributed by atoms with Crippen molar-refractivity contribution in [2.45, 2.75) is 69.9 Å². The van der Waals surface area contributed by atoms with Crippen molar-refractivity contribution in [3.05, 3.63) is 0 Å². The molecular weight excluding hydrogens is 240 g/mol. The number of ether oxygens (including phenoxy) is 1. The number of guanidine groups is 1. The summed E-state index contributed by atoms with van der Waals surface area (Å²) >= 11 is 0. The van der Waals surface area contributed by atoms with E-state index in [0.29, 0.717) is 12.1 Å². The highest BCUT2D eigenvalue weighted by molar-refractivity contribution is 5.79. The fourth-order valence-electron chi connectivity index (χ4n) is 2.93. The van der Waals surface area contributed by atoms with Crippen LogP contribution in [-0.4, -0.2) is 31.3 Å². The van der Waals surface area contributed by atoms with Gasteiger partial charge in [0.25, 0.3) is 0 Å². The van der Waals surface area contributed by atoms with Crippen LogP contribution in [0.3, 0.4) is 0 Å². The molecule has 2 rings (SSSR count). The van der Waals surface area contributed by atoms with Crippen LogP contribution in [0.1, 0.15) is 57.8 Å². The van der Waals surface area contributed by atoms with Gasteiger partial charge in [-0.15, -0.1) is 0 Å². The number of nitrogens with one attached hydrogen (secondary N) is 2. The third-order valence-electron chi connectivity index (χ3n) is 4.08. The van der Waals surface area contributed by atoms with E-state index in [9.17, 15) is 0 Å². The van der Waals surface area contributed by atoms with Crippen LogP contribution < -0.4 is 16.6 Å². The molecule has 4 N–H and O–H groups in total. The van der Waals surface area contributed by atoms with Crippen LogP contribution in [0.25, 0.3) is 0 Å². The molecule has 2 fully saturated rings. The van der Waals surface area contributed by atoms with Gasteiger partial charge >= 0.3 is 0 Å². The van der Waals surface area contributed by atoms with Crippen LogP contribution in [0.15, 0.2) is 4.99 Å². The molecule has 0 bridgehead atoms. The first-order valence-corrected chi connectivity index (χ1v) is 7.77. The van der Waals surface area contributed by atoms with Gasteiger partial charge < -0.3 is 10.1 Å². The van der Waals surface area contributed by atoms with Gasteiger partial charge in [-0.3, -0.25) is 10.4 Å². The summed E-state index contributed by atoms with van der Waals surface area (Å²) in [6.07, 6.45) is 11.5. The minimum atomic E-state index is 0.395. The van der Waals surface area contributed by atoms with Crippen molar-refractivity contribution in [3.63, 3.8) is 0 Å². The van der Waals surface area contributed by atoms with Crippen LogP contribution in [0.5, 0.6) is 0 Å². The molecule has 0 aromatic heterocycles. The molecule has 0 aromatic rings. The van der Waals surface area contributed by atoms with Crippen LogP contribution >= 0.6 is 0 Å². The summed E-state index contributed by atoms with van der Waals surface area (Å²) in [5.74, 6) is 6.27. The summed E-state index contributed by atoms with van der Waals surface area (Å²) in [7, 11) is 0. The first-order valence-electron chi connectivity index (χ1n) is 7.77. The standard InChI is InChI=1S/C14H28N4O/c15-18-14(17-12-6-2-1-3-7-12)16-10-9-13-8-4-5-11-19-13/h12-13H,1-11,15H2,(H2,16,17,18). The summed E-state index contributed by atoms with van der Waals surface area (Å²) in [6, 6.07) is 0.537. The highest BCUT2D eigenvalue weighted by Crippen LogP contribution is 2.17. The minimum absolute atomic E-state index is 0.395. The van der Waals surface area contributed by atoms with Crippen LogP contribution in [-0.2, 0) is 4.74 Å². The number of aliphatic imine (C=N–C) groups is 1. The Bertz CT molecular complexity index is 271. The lowest BCUT2D eigenvalue weighted by Gasteiger charge is -2.24. The zero-order valence-electron chi connectivity index (χ0n) is 11.9.